The summed E-state index contributed by atoms with van der Waals surface area (Å²) in [6.07, 6.45) is 1.70. The average Bonchev–Trinajstić information content (AvgIpc) is 2.63. The number of piperazine rings is 1. The Morgan fingerprint density at radius 3 is 2.44 bits per heavy atom. The quantitative estimate of drug-likeness (QED) is 0.740. The van der Waals surface area contributed by atoms with Gasteiger partial charge in [0.2, 0.25) is 15.9 Å². The Kier molecular flexibility index (Phi) is 5.47. The molecule has 1 aromatic heterocycles. The Hall–Kier alpha value is -2.46. The summed E-state index contributed by atoms with van der Waals surface area (Å²) in [6, 6.07) is 6.79. The van der Waals surface area contributed by atoms with Crippen LogP contribution in [-0.2, 0) is 21.4 Å². The Morgan fingerprint density at radius 1 is 1.11 bits per heavy atom. The summed E-state index contributed by atoms with van der Waals surface area (Å²) in [5.74, 6) is -0.103. The van der Waals surface area contributed by atoms with Gasteiger partial charge in [0.05, 0.1) is 17.2 Å². The largest absolute Gasteiger partial charge is 0.340 e. The monoisotopic (exact) mass is 394 g/mol. The van der Waals surface area contributed by atoms with E-state index < -0.39 is 15.7 Å². The molecule has 1 saturated heterocycles. The second kappa shape index (κ2) is 7.65. The molecule has 10 heteroatoms. The molecule has 0 atom stereocenters. The maximum atomic E-state index is 12.4. The molecule has 146 valence electrons. The third-order valence-corrected chi connectivity index (χ3v) is 6.03. The van der Waals surface area contributed by atoms with Gasteiger partial charge < -0.3 is 9.88 Å². The first-order valence-electron chi connectivity index (χ1n) is 8.72. The van der Waals surface area contributed by atoms with Gasteiger partial charge in [0.25, 0.3) is 5.56 Å². The molecule has 0 radical (unpaired) electrons. The molecule has 2 heterocycles. The molecule has 27 heavy (non-hydrogen) atoms. The third-order valence-electron chi connectivity index (χ3n) is 4.72. The molecule has 1 N–H and O–H groups in total. The number of fused-ring (bicyclic) bond motifs is 1. The first-order chi connectivity index (χ1) is 12.8. The Labute approximate surface area is 156 Å². The third kappa shape index (κ3) is 4.28. The number of benzene rings is 1. The molecule has 0 bridgehead atoms. The SMILES string of the molecule is CS(=O)(=O)N1CCN(C(=O)CCCn2c(=O)[nH]c3ccccc3c2=O)CC1. The topological polar surface area (TPSA) is 113 Å². The molecule has 9 nitrogen and oxygen atoms in total. The van der Waals surface area contributed by atoms with Crippen LogP contribution in [-0.4, -0.2) is 65.5 Å². The van der Waals surface area contributed by atoms with E-state index >= 15 is 0 Å². The molecule has 1 aliphatic heterocycles. The summed E-state index contributed by atoms with van der Waals surface area (Å²) in [6.45, 7) is 1.42. The molecule has 0 spiro atoms. The number of nitrogens with one attached hydrogen (secondary N) is 1. The van der Waals surface area contributed by atoms with Crippen LogP contribution >= 0.6 is 0 Å². The summed E-state index contributed by atoms with van der Waals surface area (Å²) in [7, 11) is -3.24. The van der Waals surface area contributed by atoms with E-state index in [0.717, 1.165) is 10.8 Å². The van der Waals surface area contributed by atoms with Gasteiger partial charge in [-0.25, -0.2) is 13.2 Å². The minimum atomic E-state index is -3.24. The summed E-state index contributed by atoms with van der Waals surface area (Å²) in [4.78, 5) is 41.2. The van der Waals surface area contributed by atoms with E-state index in [0.29, 0.717) is 30.4 Å². The number of aromatic amines is 1. The van der Waals surface area contributed by atoms with Crippen LogP contribution in [0.1, 0.15) is 12.8 Å². The van der Waals surface area contributed by atoms with Crippen LogP contribution in [0.4, 0.5) is 0 Å². The summed E-state index contributed by atoms with van der Waals surface area (Å²) >= 11 is 0. The number of hydrogen-bond donors (Lipinski definition) is 1. The maximum Gasteiger partial charge on any atom is 0.328 e. The molecule has 3 rings (SSSR count). The number of sulfonamides is 1. The molecule has 1 fully saturated rings. The first kappa shape index (κ1) is 19.3. The van der Waals surface area contributed by atoms with Gasteiger partial charge in [0.1, 0.15) is 0 Å². The van der Waals surface area contributed by atoms with E-state index in [2.05, 4.69) is 4.98 Å². The van der Waals surface area contributed by atoms with E-state index in [1.165, 1.54) is 4.31 Å². The average molecular weight is 394 g/mol. The van der Waals surface area contributed by atoms with Crippen LogP contribution in [0.2, 0.25) is 0 Å². The minimum absolute atomic E-state index is 0.103. The van der Waals surface area contributed by atoms with Crippen molar-refractivity contribution >= 4 is 26.8 Å². The van der Waals surface area contributed by atoms with E-state index in [9.17, 15) is 22.8 Å². The Morgan fingerprint density at radius 2 is 1.78 bits per heavy atom. The van der Waals surface area contributed by atoms with Gasteiger partial charge in [-0.1, -0.05) is 12.1 Å². The van der Waals surface area contributed by atoms with Crippen molar-refractivity contribution < 1.29 is 13.2 Å². The van der Waals surface area contributed by atoms with Crippen molar-refractivity contribution in [2.75, 3.05) is 32.4 Å². The van der Waals surface area contributed by atoms with E-state index in [1.807, 2.05) is 0 Å². The zero-order chi connectivity index (χ0) is 19.6. The second-order valence-corrected chi connectivity index (χ2v) is 8.56. The predicted molar refractivity (Wildman–Crippen MR) is 101 cm³/mol. The number of carbonyl (C=O) groups is 1. The molecule has 1 aromatic carbocycles. The highest BCUT2D eigenvalue weighted by atomic mass is 32.2. The first-order valence-corrected chi connectivity index (χ1v) is 10.6. The lowest BCUT2D eigenvalue weighted by molar-refractivity contribution is -0.132. The van der Waals surface area contributed by atoms with Crippen molar-refractivity contribution in [2.45, 2.75) is 19.4 Å². The number of para-hydroxylation sites is 1. The zero-order valence-electron chi connectivity index (χ0n) is 15.1. The number of aromatic nitrogens is 2. The minimum Gasteiger partial charge on any atom is -0.340 e. The lowest BCUT2D eigenvalue weighted by atomic mass is 10.2. The summed E-state index contributed by atoms with van der Waals surface area (Å²) in [5.41, 5.74) is -0.375. The number of amides is 1. The predicted octanol–water partition coefficient (Wildman–Crippen LogP) is -0.426. The van der Waals surface area contributed by atoms with Gasteiger partial charge in [0.15, 0.2) is 0 Å². The highest BCUT2D eigenvalue weighted by Gasteiger charge is 2.25. The van der Waals surface area contributed by atoms with Crippen LogP contribution in [0.15, 0.2) is 33.9 Å². The molecule has 2 aromatic rings. The van der Waals surface area contributed by atoms with Crippen LogP contribution in [0.3, 0.4) is 0 Å². The van der Waals surface area contributed by atoms with Gasteiger partial charge in [-0.2, -0.15) is 4.31 Å². The lowest BCUT2D eigenvalue weighted by Gasteiger charge is -2.33. The zero-order valence-corrected chi connectivity index (χ0v) is 15.9. The normalized spacial score (nSPS) is 16.0. The van der Waals surface area contributed by atoms with Crippen molar-refractivity contribution in [3.8, 4) is 0 Å². The van der Waals surface area contributed by atoms with Gasteiger partial charge in [-0.3, -0.25) is 14.2 Å². The van der Waals surface area contributed by atoms with Gasteiger partial charge in [0, 0.05) is 39.1 Å². The van der Waals surface area contributed by atoms with Gasteiger partial charge >= 0.3 is 5.69 Å². The molecule has 1 aliphatic rings. The van der Waals surface area contributed by atoms with Crippen LogP contribution in [0.5, 0.6) is 0 Å². The van der Waals surface area contributed by atoms with Gasteiger partial charge in [-0.05, 0) is 18.6 Å². The Bertz CT molecular complexity index is 1060. The standard InChI is InChI=1S/C17H22N4O5S/c1-27(25,26)20-11-9-19(10-12-20)15(22)7-4-8-21-16(23)13-5-2-3-6-14(13)18-17(21)24/h2-3,5-6H,4,7-12H2,1H3,(H,18,24). The molecule has 0 unspecified atom stereocenters. The van der Waals surface area contributed by atoms with Gasteiger partial charge in [-0.15, -0.1) is 0 Å². The van der Waals surface area contributed by atoms with Crippen molar-refractivity contribution in [2.24, 2.45) is 0 Å². The molecule has 1 amide bonds. The van der Waals surface area contributed by atoms with E-state index in [-0.39, 0.29) is 37.5 Å². The van der Waals surface area contributed by atoms with Crippen molar-refractivity contribution in [3.05, 3.63) is 45.1 Å². The maximum absolute atomic E-state index is 12.4. The molecular formula is C17H22N4O5S. The molecular weight excluding hydrogens is 372 g/mol. The van der Waals surface area contributed by atoms with Crippen LogP contribution in [0.25, 0.3) is 10.9 Å². The smallest absolute Gasteiger partial charge is 0.328 e. The molecule has 0 saturated carbocycles. The fourth-order valence-electron chi connectivity index (χ4n) is 3.22. The number of carbonyl (C=O) groups excluding carboxylic acids is 1. The lowest BCUT2D eigenvalue weighted by Crippen LogP contribution is -2.50. The highest BCUT2D eigenvalue weighted by Crippen LogP contribution is 2.09. The van der Waals surface area contributed by atoms with Crippen molar-refractivity contribution in [1.29, 1.82) is 0 Å². The highest BCUT2D eigenvalue weighted by molar-refractivity contribution is 7.88. The molecule has 0 aliphatic carbocycles. The second-order valence-electron chi connectivity index (χ2n) is 6.58. The van der Waals surface area contributed by atoms with Crippen LogP contribution in [0, 0.1) is 0 Å². The van der Waals surface area contributed by atoms with Crippen LogP contribution < -0.4 is 11.2 Å². The van der Waals surface area contributed by atoms with Crippen molar-refractivity contribution in [1.82, 2.24) is 18.8 Å². The van der Waals surface area contributed by atoms with E-state index in [1.54, 1.807) is 29.2 Å². The fourth-order valence-corrected chi connectivity index (χ4v) is 4.04. The number of rotatable bonds is 5. The van der Waals surface area contributed by atoms with E-state index in [4.69, 9.17) is 0 Å². The fraction of sp³-hybridized carbons (Fsp3) is 0.471. The Balaban J connectivity index is 1.59. The number of H-pyrrole nitrogens is 1. The van der Waals surface area contributed by atoms with Crippen molar-refractivity contribution in [3.63, 3.8) is 0 Å². The number of hydrogen-bond acceptors (Lipinski definition) is 5. The summed E-state index contributed by atoms with van der Waals surface area (Å²) in [5, 5.41) is 0.431. The number of nitrogens with zero attached hydrogens (tertiary/aromatic N) is 3. The summed E-state index contributed by atoms with van der Waals surface area (Å²) < 4.78 is 25.5.